The highest BCUT2D eigenvalue weighted by Crippen LogP contribution is 2.42. The minimum absolute atomic E-state index is 0.231. The second kappa shape index (κ2) is 8.50. The summed E-state index contributed by atoms with van der Waals surface area (Å²) < 4.78 is 7.75. The number of carbonyl (C=O) groups excluding carboxylic acids is 2. The molecule has 0 bridgehead atoms. The van der Waals surface area contributed by atoms with Gasteiger partial charge in [-0.15, -0.1) is 0 Å². The number of aryl methyl sites for hydroxylation is 1. The molecule has 172 valence electrons. The van der Waals surface area contributed by atoms with Gasteiger partial charge in [-0.05, 0) is 36.8 Å². The number of nitrogens with zero attached hydrogens (tertiary/aromatic N) is 4. The summed E-state index contributed by atoms with van der Waals surface area (Å²) in [6, 6.07) is 14.2. The number of ether oxygens (including phenoxy) is 1. The zero-order valence-corrected chi connectivity index (χ0v) is 19.3. The molecule has 8 nitrogen and oxygen atoms in total. The molecule has 1 unspecified atom stereocenters. The van der Waals surface area contributed by atoms with Gasteiger partial charge >= 0.3 is 6.03 Å². The lowest BCUT2D eigenvalue weighted by atomic mass is 9.84. The third-order valence-corrected chi connectivity index (χ3v) is 6.70. The molecule has 1 spiro atoms. The van der Waals surface area contributed by atoms with Gasteiger partial charge in [-0.25, -0.2) is 9.78 Å². The lowest BCUT2D eigenvalue weighted by molar-refractivity contribution is -0.132. The summed E-state index contributed by atoms with van der Waals surface area (Å²) in [6.45, 7) is 3.04. The molecule has 1 N–H and O–H groups in total. The number of urea groups is 1. The van der Waals surface area contributed by atoms with E-state index < -0.39 is 11.6 Å². The predicted octanol–water partition coefficient (Wildman–Crippen LogP) is 3.54. The molecule has 34 heavy (non-hydrogen) atoms. The van der Waals surface area contributed by atoms with Crippen molar-refractivity contribution in [3.8, 4) is 11.8 Å². The molecule has 3 amide bonds. The number of nitriles is 1. The van der Waals surface area contributed by atoms with Crippen molar-refractivity contribution in [1.29, 1.82) is 5.26 Å². The summed E-state index contributed by atoms with van der Waals surface area (Å²) in [5, 5.41) is 12.4. The Balaban J connectivity index is 1.35. The average Bonchev–Trinajstić information content (AvgIpc) is 3.29. The Morgan fingerprint density at radius 2 is 2.03 bits per heavy atom. The Kier molecular flexibility index (Phi) is 5.50. The molecule has 3 aromatic rings. The van der Waals surface area contributed by atoms with Crippen molar-refractivity contribution in [2.45, 2.75) is 31.8 Å². The fraction of sp³-hybridized carbons (Fsp3) is 0.280. The number of carbonyl (C=O) groups is 2. The van der Waals surface area contributed by atoms with Crippen LogP contribution >= 0.6 is 11.6 Å². The first-order chi connectivity index (χ1) is 16.4. The molecule has 1 fully saturated rings. The van der Waals surface area contributed by atoms with E-state index in [1.54, 1.807) is 36.5 Å². The first kappa shape index (κ1) is 22.0. The number of aromatic nitrogens is 2. The van der Waals surface area contributed by atoms with E-state index in [2.05, 4.69) is 20.9 Å². The topological polar surface area (TPSA) is 100 Å². The molecule has 0 saturated carbocycles. The number of hydrogen-bond donors (Lipinski definition) is 1. The van der Waals surface area contributed by atoms with Crippen molar-refractivity contribution < 1.29 is 14.3 Å². The molecule has 2 aliphatic heterocycles. The van der Waals surface area contributed by atoms with Crippen LogP contribution in [0.4, 0.5) is 4.79 Å². The van der Waals surface area contributed by atoms with Crippen LogP contribution < -0.4 is 10.1 Å². The summed E-state index contributed by atoms with van der Waals surface area (Å²) in [5.74, 6) is 1.08. The summed E-state index contributed by atoms with van der Waals surface area (Å²) >= 11 is 6.09. The third-order valence-electron chi connectivity index (χ3n) is 6.47. The maximum atomic E-state index is 13.5. The highest BCUT2D eigenvalue weighted by molar-refractivity contribution is 6.30. The van der Waals surface area contributed by atoms with Crippen LogP contribution in [0.5, 0.6) is 5.75 Å². The fourth-order valence-corrected chi connectivity index (χ4v) is 4.78. The smallest absolute Gasteiger partial charge is 0.325 e. The standard InChI is InChI=1S/C25H22ClN5O3/c1-16-28-14-20(31(16)15-18-4-2-17(13-27)3-5-18)8-10-30-23(32)25(29-24(30)33)9-11-34-22-12-19(26)6-7-21(22)25/h2-7,12,14H,8-11,15H2,1H3,(H,29,33). The molecule has 9 heteroatoms. The molecular weight excluding hydrogens is 454 g/mol. The predicted molar refractivity (Wildman–Crippen MR) is 124 cm³/mol. The second-order valence-electron chi connectivity index (χ2n) is 8.47. The number of imide groups is 1. The van der Waals surface area contributed by atoms with Gasteiger partial charge in [0.1, 0.15) is 11.6 Å². The molecule has 5 rings (SSSR count). The van der Waals surface area contributed by atoms with Crippen LogP contribution in [0.3, 0.4) is 0 Å². The van der Waals surface area contributed by atoms with Crippen molar-refractivity contribution in [1.82, 2.24) is 19.8 Å². The SMILES string of the molecule is Cc1ncc(CCN2C(=O)NC3(CCOc4cc(Cl)ccc43)C2=O)n1Cc1ccc(C#N)cc1. The fourth-order valence-electron chi connectivity index (χ4n) is 4.62. The van der Waals surface area contributed by atoms with Crippen LogP contribution in [-0.4, -0.2) is 39.5 Å². The van der Waals surface area contributed by atoms with Crippen molar-refractivity contribution in [2.75, 3.05) is 13.2 Å². The quantitative estimate of drug-likeness (QED) is 0.569. The van der Waals surface area contributed by atoms with Crippen LogP contribution in [0.2, 0.25) is 5.02 Å². The highest BCUT2D eigenvalue weighted by Gasteiger charge is 2.54. The first-order valence-electron chi connectivity index (χ1n) is 11.0. The molecular formula is C25H22ClN5O3. The maximum Gasteiger partial charge on any atom is 0.325 e. The van der Waals surface area contributed by atoms with E-state index in [-0.39, 0.29) is 12.5 Å². The third kappa shape index (κ3) is 3.68. The van der Waals surface area contributed by atoms with Gasteiger partial charge in [-0.1, -0.05) is 29.8 Å². The van der Waals surface area contributed by atoms with Gasteiger partial charge in [0.05, 0.1) is 18.2 Å². The molecule has 1 aromatic heterocycles. The van der Waals surface area contributed by atoms with Gasteiger partial charge in [0.15, 0.2) is 5.54 Å². The Bertz CT molecular complexity index is 1330. The molecule has 2 aromatic carbocycles. The van der Waals surface area contributed by atoms with Crippen LogP contribution in [-0.2, 0) is 23.3 Å². The number of halogens is 1. The van der Waals surface area contributed by atoms with Crippen LogP contribution in [0.15, 0.2) is 48.7 Å². The van der Waals surface area contributed by atoms with Crippen LogP contribution in [0, 0.1) is 18.3 Å². The lowest BCUT2D eigenvalue weighted by Gasteiger charge is -2.33. The lowest BCUT2D eigenvalue weighted by Crippen LogP contribution is -2.47. The molecule has 0 radical (unpaired) electrons. The number of benzene rings is 2. The van der Waals surface area contributed by atoms with Crippen LogP contribution in [0.1, 0.15) is 34.6 Å². The molecule has 3 heterocycles. The van der Waals surface area contributed by atoms with E-state index in [1.807, 2.05) is 19.1 Å². The average molecular weight is 476 g/mol. The van der Waals surface area contributed by atoms with E-state index >= 15 is 0 Å². The van der Waals surface area contributed by atoms with Gasteiger partial charge in [-0.3, -0.25) is 9.69 Å². The Morgan fingerprint density at radius 3 is 2.79 bits per heavy atom. The number of fused-ring (bicyclic) bond motifs is 2. The van der Waals surface area contributed by atoms with Crippen molar-refractivity contribution >= 4 is 23.5 Å². The molecule has 0 aliphatic carbocycles. The summed E-state index contributed by atoms with van der Waals surface area (Å²) in [7, 11) is 0. The van der Waals surface area contributed by atoms with Gasteiger partial charge in [0, 0.05) is 48.4 Å². The van der Waals surface area contributed by atoms with E-state index in [9.17, 15) is 9.59 Å². The Hall–Kier alpha value is -3.83. The molecule has 2 aliphatic rings. The van der Waals surface area contributed by atoms with Crippen molar-refractivity contribution in [3.05, 3.63) is 81.9 Å². The summed E-state index contributed by atoms with van der Waals surface area (Å²) in [4.78, 5) is 32.1. The van der Waals surface area contributed by atoms with E-state index in [4.69, 9.17) is 21.6 Å². The second-order valence-corrected chi connectivity index (χ2v) is 8.91. The Labute approximate surface area is 201 Å². The number of amides is 3. The van der Waals surface area contributed by atoms with Gasteiger partial charge in [-0.2, -0.15) is 5.26 Å². The van der Waals surface area contributed by atoms with Gasteiger partial charge in [0.25, 0.3) is 5.91 Å². The molecule has 1 saturated heterocycles. The monoisotopic (exact) mass is 475 g/mol. The number of hydrogen-bond acceptors (Lipinski definition) is 5. The van der Waals surface area contributed by atoms with E-state index in [0.717, 1.165) is 17.1 Å². The van der Waals surface area contributed by atoms with Gasteiger partial charge in [0.2, 0.25) is 0 Å². The molecule has 1 atom stereocenters. The van der Waals surface area contributed by atoms with Crippen LogP contribution in [0.25, 0.3) is 0 Å². The summed E-state index contributed by atoms with van der Waals surface area (Å²) in [6.07, 6.45) is 2.60. The summed E-state index contributed by atoms with van der Waals surface area (Å²) in [5.41, 5.74) is 2.06. The minimum atomic E-state index is -1.13. The largest absolute Gasteiger partial charge is 0.493 e. The Morgan fingerprint density at radius 1 is 1.24 bits per heavy atom. The van der Waals surface area contributed by atoms with Crippen molar-refractivity contribution in [3.63, 3.8) is 0 Å². The van der Waals surface area contributed by atoms with E-state index in [1.165, 1.54) is 4.90 Å². The number of rotatable bonds is 5. The minimum Gasteiger partial charge on any atom is -0.493 e. The van der Waals surface area contributed by atoms with Crippen molar-refractivity contribution in [2.24, 2.45) is 0 Å². The zero-order chi connectivity index (χ0) is 23.9. The number of imidazole rings is 1. The number of nitrogens with one attached hydrogen (secondary N) is 1. The highest BCUT2D eigenvalue weighted by atomic mass is 35.5. The normalized spacial score (nSPS) is 19.0. The van der Waals surface area contributed by atoms with Gasteiger partial charge < -0.3 is 14.6 Å². The van der Waals surface area contributed by atoms with E-state index in [0.29, 0.717) is 47.9 Å². The zero-order valence-electron chi connectivity index (χ0n) is 18.5. The maximum absolute atomic E-state index is 13.5. The first-order valence-corrected chi connectivity index (χ1v) is 11.4.